The van der Waals surface area contributed by atoms with Gasteiger partial charge in [0.2, 0.25) is 0 Å². The van der Waals surface area contributed by atoms with E-state index >= 15 is 0 Å². The first-order valence-electron chi connectivity index (χ1n) is 7.13. The first kappa shape index (κ1) is 14.5. The molecule has 1 aromatic heterocycles. The van der Waals surface area contributed by atoms with E-state index in [1.165, 1.54) is 5.56 Å². The lowest BCUT2D eigenvalue weighted by Crippen LogP contribution is -2.13. The second-order valence-corrected chi connectivity index (χ2v) is 4.88. The standard InChI is InChI=1S/C17H22N2O/c1-3-10-18-12-15-7-5-9-17(11-15)20-13-16-8-4-6-14(2)19-16/h4-9,11,18H,3,10,12-13H2,1-2H3. The summed E-state index contributed by atoms with van der Waals surface area (Å²) in [4.78, 5) is 4.43. The number of hydrogen-bond acceptors (Lipinski definition) is 3. The molecular weight excluding hydrogens is 248 g/mol. The molecule has 0 saturated carbocycles. The van der Waals surface area contributed by atoms with Crippen molar-refractivity contribution in [3.63, 3.8) is 0 Å². The molecule has 20 heavy (non-hydrogen) atoms. The van der Waals surface area contributed by atoms with Gasteiger partial charge in [0.25, 0.3) is 0 Å². The second kappa shape index (κ2) is 7.65. The van der Waals surface area contributed by atoms with Crippen molar-refractivity contribution < 1.29 is 4.74 Å². The quantitative estimate of drug-likeness (QED) is 0.782. The molecule has 0 aliphatic heterocycles. The number of pyridine rings is 1. The number of ether oxygens (including phenoxy) is 1. The molecule has 0 amide bonds. The van der Waals surface area contributed by atoms with E-state index in [4.69, 9.17) is 4.74 Å². The highest BCUT2D eigenvalue weighted by Crippen LogP contribution is 2.14. The molecule has 0 aliphatic carbocycles. The maximum atomic E-state index is 5.80. The van der Waals surface area contributed by atoms with Crippen molar-refractivity contribution in [1.29, 1.82) is 0 Å². The average molecular weight is 270 g/mol. The zero-order valence-electron chi connectivity index (χ0n) is 12.2. The fourth-order valence-corrected chi connectivity index (χ4v) is 1.99. The van der Waals surface area contributed by atoms with E-state index < -0.39 is 0 Å². The monoisotopic (exact) mass is 270 g/mol. The number of nitrogens with zero attached hydrogens (tertiary/aromatic N) is 1. The Morgan fingerprint density at radius 1 is 1.15 bits per heavy atom. The van der Waals surface area contributed by atoms with E-state index in [-0.39, 0.29) is 0 Å². The minimum atomic E-state index is 0.507. The topological polar surface area (TPSA) is 34.1 Å². The highest BCUT2D eigenvalue weighted by molar-refractivity contribution is 5.28. The summed E-state index contributed by atoms with van der Waals surface area (Å²) in [5.74, 6) is 0.893. The molecule has 0 aliphatic rings. The van der Waals surface area contributed by atoms with Crippen molar-refractivity contribution in [3.8, 4) is 5.75 Å². The molecule has 0 saturated heterocycles. The van der Waals surface area contributed by atoms with Crippen molar-refractivity contribution >= 4 is 0 Å². The minimum absolute atomic E-state index is 0.507. The predicted octanol–water partition coefficient (Wildman–Crippen LogP) is 3.47. The number of benzene rings is 1. The van der Waals surface area contributed by atoms with Gasteiger partial charge in [0, 0.05) is 12.2 Å². The Bertz CT molecular complexity index is 540. The van der Waals surface area contributed by atoms with Gasteiger partial charge in [-0.15, -0.1) is 0 Å². The Hall–Kier alpha value is -1.87. The molecule has 2 rings (SSSR count). The van der Waals surface area contributed by atoms with E-state index in [2.05, 4.69) is 29.4 Å². The molecule has 2 aromatic rings. The van der Waals surface area contributed by atoms with Gasteiger partial charge in [0.15, 0.2) is 0 Å². The molecule has 0 unspecified atom stereocenters. The van der Waals surface area contributed by atoms with Crippen molar-refractivity contribution in [2.45, 2.75) is 33.4 Å². The van der Waals surface area contributed by atoms with Crippen LogP contribution in [-0.2, 0) is 13.2 Å². The zero-order valence-corrected chi connectivity index (χ0v) is 12.2. The van der Waals surface area contributed by atoms with Crippen LogP contribution in [0.15, 0.2) is 42.5 Å². The summed E-state index contributed by atoms with van der Waals surface area (Å²) >= 11 is 0. The van der Waals surface area contributed by atoms with Gasteiger partial charge in [-0.05, 0) is 49.7 Å². The Balaban J connectivity index is 1.91. The molecular formula is C17H22N2O. The van der Waals surface area contributed by atoms with Gasteiger partial charge in [-0.25, -0.2) is 0 Å². The minimum Gasteiger partial charge on any atom is -0.487 e. The van der Waals surface area contributed by atoms with Crippen LogP contribution >= 0.6 is 0 Å². The molecule has 1 N–H and O–H groups in total. The molecule has 0 fully saturated rings. The summed E-state index contributed by atoms with van der Waals surface area (Å²) in [5.41, 5.74) is 3.22. The first-order valence-corrected chi connectivity index (χ1v) is 7.13. The summed E-state index contributed by atoms with van der Waals surface area (Å²) in [6.07, 6.45) is 1.15. The van der Waals surface area contributed by atoms with Gasteiger partial charge in [0.05, 0.1) is 5.69 Å². The molecule has 106 valence electrons. The van der Waals surface area contributed by atoms with Crippen LogP contribution in [0.2, 0.25) is 0 Å². The van der Waals surface area contributed by atoms with Crippen LogP contribution in [0, 0.1) is 6.92 Å². The van der Waals surface area contributed by atoms with Crippen LogP contribution in [0.1, 0.15) is 30.3 Å². The van der Waals surface area contributed by atoms with Gasteiger partial charge in [-0.2, -0.15) is 0 Å². The Morgan fingerprint density at radius 3 is 2.80 bits per heavy atom. The average Bonchev–Trinajstić information content (AvgIpc) is 2.46. The normalized spacial score (nSPS) is 10.5. The number of rotatable bonds is 7. The SMILES string of the molecule is CCCNCc1cccc(OCc2cccc(C)n2)c1. The summed E-state index contributed by atoms with van der Waals surface area (Å²) in [6, 6.07) is 14.2. The molecule has 0 bridgehead atoms. The van der Waals surface area contributed by atoms with Gasteiger partial charge < -0.3 is 10.1 Å². The number of nitrogens with one attached hydrogen (secondary N) is 1. The Labute approximate surface area is 121 Å². The lowest BCUT2D eigenvalue weighted by atomic mass is 10.2. The van der Waals surface area contributed by atoms with Gasteiger partial charge in [0.1, 0.15) is 12.4 Å². The number of aromatic nitrogens is 1. The Kier molecular flexibility index (Phi) is 5.56. The van der Waals surface area contributed by atoms with E-state index in [9.17, 15) is 0 Å². The van der Waals surface area contributed by atoms with Crippen LogP contribution in [0.3, 0.4) is 0 Å². The number of aryl methyl sites for hydroxylation is 1. The fourth-order valence-electron chi connectivity index (χ4n) is 1.99. The van der Waals surface area contributed by atoms with Crippen LogP contribution in [0.5, 0.6) is 5.75 Å². The maximum Gasteiger partial charge on any atom is 0.130 e. The largest absolute Gasteiger partial charge is 0.487 e. The van der Waals surface area contributed by atoms with Crippen LogP contribution in [0.4, 0.5) is 0 Å². The summed E-state index contributed by atoms with van der Waals surface area (Å²) < 4.78 is 5.80. The highest BCUT2D eigenvalue weighted by atomic mass is 16.5. The van der Waals surface area contributed by atoms with Crippen molar-refractivity contribution in [2.24, 2.45) is 0 Å². The zero-order chi connectivity index (χ0) is 14.2. The summed E-state index contributed by atoms with van der Waals surface area (Å²) in [6.45, 7) is 6.59. The van der Waals surface area contributed by atoms with E-state index in [1.807, 2.05) is 37.3 Å². The molecule has 0 radical (unpaired) electrons. The van der Waals surface area contributed by atoms with Crippen LogP contribution in [0.25, 0.3) is 0 Å². The second-order valence-electron chi connectivity index (χ2n) is 4.88. The third kappa shape index (κ3) is 4.67. The van der Waals surface area contributed by atoms with Gasteiger partial charge in [-0.3, -0.25) is 4.98 Å². The smallest absolute Gasteiger partial charge is 0.130 e. The predicted molar refractivity (Wildman–Crippen MR) is 81.7 cm³/mol. The summed E-state index contributed by atoms with van der Waals surface area (Å²) in [5, 5.41) is 3.39. The van der Waals surface area contributed by atoms with E-state index in [0.717, 1.165) is 36.6 Å². The lowest BCUT2D eigenvalue weighted by molar-refractivity contribution is 0.300. The summed E-state index contributed by atoms with van der Waals surface area (Å²) in [7, 11) is 0. The molecule has 0 atom stereocenters. The fraction of sp³-hybridized carbons (Fsp3) is 0.353. The van der Waals surface area contributed by atoms with Crippen molar-refractivity contribution in [2.75, 3.05) is 6.54 Å². The highest BCUT2D eigenvalue weighted by Gasteiger charge is 1.99. The third-order valence-electron chi connectivity index (χ3n) is 2.99. The number of hydrogen-bond donors (Lipinski definition) is 1. The van der Waals surface area contributed by atoms with Gasteiger partial charge >= 0.3 is 0 Å². The maximum absolute atomic E-state index is 5.80. The van der Waals surface area contributed by atoms with E-state index in [0.29, 0.717) is 6.61 Å². The first-order chi connectivity index (χ1) is 9.78. The van der Waals surface area contributed by atoms with Crippen molar-refractivity contribution in [3.05, 3.63) is 59.4 Å². The van der Waals surface area contributed by atoms with Crippen LogP contribution in [-0.4, -0.2) is 11.5 Å². The molecule has 0 spiro atoms. The van der Waals surface area contributed by atoms with E-state index in [1.54, 1.807) is 0 Å². The molecule has 1 aromatic carbocycles. The van der Waals surface area contributed by atoms with Gasteiger partial charge in [-0.1, -0.05) is 25.1 Å². The molecule has 3 heteroatoms. The van der Waals surface area contributed by atoms with Crippen molar-refractivity contribution in [1.82, 2.24) is 10.3 Å². The van der Waals surface area contributed by atoms with Crippen LogP contribution < -0.4 is 10.1 Å². The molecule has 3 nitrogen and oxygen atoms in total. The lowest BCUT2D eigenvalue weighted by Gasteiger charge is -2.09. The Morgan fingerprint density at radius 2 is 2.00 bits per heavy atom. The molecule has 1 heterocycles. The third-order valence-corrected chi connectivity index (χ3v) is 2.99.